The first-order valence-corrected chi connectivity index (χ1v) is 9.97. The number of hydrogen-bond donors (Lipinski definition) is 1. The van der Waals surface area contributed by atoms with Gasteiger partial charge in [0.15, 0.2) is 11.5 Å². The topological polar surface area (TPSA) is 84.9 Å². The van der Waals surface area contributed by atoms with Crippen LogP contribution in [0, 0.1) is 0 Å². The molecule has 1 aromatic carbocycles. The van der Waals surface area contributed by atoms with Gasteiger partial charge in [-0.05, 0) is 36.6 Å². The van der Waals surface area contributed by atoms with Crippen LogP contribution in [0.5, 0.6) is 11.5 Å². The van der Waals surface area contributed by atoms with E-state index < -0.39 is 0 Å². The van der Waals surface area contributed by atoms with Crippen molar-refractivity contribution in [2.45, 2.75) is 37.8 Å². The Kier molecular flexibility index (Phi) is 5.07. The smallest absolute Gasteiger partial charge is 0.289 e. The number of nitrogens with one attached hydrogen (secondary N) is 1. The molecule has 1 saturated carbocycles. The first kappa shape index (κ1) is 17.9. The van der Waals surface area contributed by atoms with Gasteiger partial charge in [-0.25, -0.2) is 0 Å². The number of hydrogen-bond acceptors (Lipinski definition) is 6. The quantitative estimate of drug-likeness (QED) is 0.798. The van der Waals surface area contributed by atoms with Crippen molar-refractivity contribution in [3.63, 3.8) is 0 Å². The molecule has 2 atom stereocenters. The third kappa shape index (κ3) is 3.80. The monoisotopic (exact) mass is 388 g/mol. The molecular weight excluding hydrogens is 368 g/mol. The molecule has 1 aliphatic carbocycles. The fraction of sp³-hybridized carbons (Fsp3) is 0.421. The molecule has 1 aromatic rings. The van der Waals surface area contributed by atoms with Crippen molar-refractivity contribution in [3.05, 3.63) is 29.8 Å². The first-order chi connectivity index (χ1) is 13.1. The van der Waals surface area contributed by atoms with Crippen molar-refractivity contribution < 1.29 is 23.9 Å². The second kappa shape index (κ2) is 7.64. The second-order valence-corrected chi connectivity index (χ2v) is 7.66. The molecule has 0 bridgehead atoms. The summed E-state index contributed by atoms with van der Waals surface area (Å²) in [6.07, 6.45) is 6.58. The fourth-order valence-electron chi connectivity index (χ4n) is 3.69. The van der Waals surface area contributed by atoms with Gasteiger partial charge in [-0.1, -0.05) is 30.7 Å². The number of carbonyl (C=O) groups is 3. The average Bonchev–Trinajstić information content (AvgIpc) is 3.26. The summed E-state index contributed by atoms with van der Waals surface area (Å²) in [6.45, 7) is 0.207. The van der Waals surface area contributed by atoms with Crippen molar-refractivity contribution in [2.75, 3.05) is 12.5 Å². The summed E-state index contributed by atoms with van der Waals surface area (Å²) >= 11 is 1.03. The van der Waals surface area contributed by atoms with Crippen LogP contribution >= 0.6 is 11.8 Å². The highest BCUT2D eigenvalue weighted by Gasteiger charge is 2.40. The van der Waals surface area contributed by atoms with Crippen LogP contribution in [0.1, 0.15) is 31.2 Å². The Balaban J connectivity index is 1.41. The van der Waals surface area contributed by atoms with Gasteiger partial charge < -0.3 is 14.8 Å². The van der Waals surface area contributed by atoms with Gasteiger partial charge in [0.2, 0.25) is 18.6 Å². The van der Waals surface area contributed by atoms with Crippen LogP contribution in [-0.2, 0) is 9.59 Å². The molecule has 3 aliphatic rings. The van der Waals surface area contributed by atoms with Gasteiger partial charge in [-0.3, -0.25) is 19.3 Å². The molecule has 2 unspecified atom stereocenters. The molecule has 0 aromatic heterocycles. The van der Waals surface area contributed by atoms with E-state index in [2.05, 4.69) is 5.32 Å². The zero-order valence-electron chi connectivity index (χ0n) is 14.7. The molecule has 0 spiro atoms. The van der Waals surface area contributed by atoms with E-state index in [9.17, 15) is 14.4 Å². The third-order valence-corrected chi connectivity index (χ3v) is 5.83. The molecule has 7 nitrogen and oxygen atoms in total. The lowest BCUT2D eigenvalue weighted by molar-refractivity contribution is -0.128. The van der Waals surface area contributed by atoms with Crippen LogP contribution in [0.25, 0.3) is 6.08 Å². The number of imide groups is 1. The number of ether oxygens (including phenoxy) is 2. The van der Waals surface area contributed by atoms with E-state index in [1.165, 1.54) is 11.0 Å². The average molecular weight is 388 g/mol. The molecule has 0 radical (unpaired) electrons. The highest BCUT2D eigenvalue weighted by molar-refractivity contribution is 8.14. The molecule has 27 heavy (non-hydrogen) atoms. The Morgan fingerprint density at radius 2 is 2.00 bits per heavy atom. The van der Waals surface area contributed by atoms with Crippen molar-refractivity contribution in [1.29, 1.82) is 0 Å². The normalized spacial score (nSPS) is 24.7. The Bertz CT molecular complexity index is 793. The van der Waals surface area contributed by atoms with E-state index >= 15 is 0 Å². The molecule has 2 aliphatic heterocycles. The van der Waals surface area contributed by atoms with Crippen LogP contribution in [0.3, 0.4) is 0 Å². The van der Waals surface area contributed by atoms with Crippen LogP contribution in [0.4, 0.5) is 4.79 Å². The number of carbonyl (C=O) groups excluding carboxylic acids is 3. The highest BCUT2D eigenvalue weighted by atomic mass is 32.2. The minimum absolute atomic E-state index is 0.160. The number of nitrogens with zero attached hydrogens (tertiary/aromatic N) is 1. The Labute approximate surface area is 161 Å². The van der Waals surface area contributed by atoms with E-state index in [4.69, 9.17) is 9.47 Å². The van der Waals surface area contributed by atoms with Crippen LogP contribution in [0.2, 0.25) is 0 Å². The summed E-state index contributed by atoms with van der Waals surface area (Å²) in [5.41, 5.74) is 0.830. The summed E-state index contributed by atoms with van der Waals surface area (Å²) in [5, 5.41) is 2.77. The Hall–Kier alpha value is -2.48. The van der Waals surface area contributed by atoms with Crippen LogP contribution in [0.15, 0.2) is 24.3 Å². The molecule has 1 N–H and O–H groups in total. The number of benzene rings is 1. The van der Waals surface area contributed by atoms with E-state index in [0.29, 0.717) is 11.5 Å². The predicted molar refractivity (Wildman–Crippen MR) is 100 cm³/mol. The lowest BCUT2D eigenvalue weighted by Gasteiger charge is -2.36. The maximum Gasteiger partial charge on any atom is 0.289 e. The minimum atomic E-state index is -0.253. The third-order valence-electron chi connectivity index (χ3n) is 5.00. The molecule has 2 fully saturated rings. The maximum absolute atomic E-state index is 12.4. The molecular formula is C19H20N2O5S. The maximum atomic E-state index is 12.4. The van der Waals surface area contributed by atoms with E-state index in [1.807, 2.05) is 12.1 Å². The predicted octanol–water partition coefficient (Wildman–Crippen LogP) is 2.55. The summed E-state index contributed by atoms with van der Waals surface area (Å²) in [7, 11) is 0. The van der Waals surface area contributed by atoms with Gasteiger partial charge in [0.25, 0.3) is 5.24 Å². The van der Waals surface area contributed by atoms with Gasteiger partial charge in [0.05, 0.1) is 17.8 Å². The van der Waals surface area contributed by atoms with Gasteiger partial charge in [0.1, 0.15) is 0 Å². The number of rotatable bonds is 4. The van der Waals surface area contributed by atoms with E-state index in [0.717, 1.165) is 43.0 Å². The second-order valence-electron chi connectivity index (χ2n) is 6.73. The summed E-state index contributed by atoms with van der Waals surface area (Å²) in [4.78, 5) is 37.8. The van der Waals surface area contributed by atoms with Crippen molar-refractivity contribution in [3.8, 4) is 11.5 Å². The lowest BCUT2D eigenvalue weighted by atomic mass is 9.89. The van der Waals surface area contributed by atoms with Crippen LogP contribution in [-0.4, -0.2) is 46.6 Å². The fourth-order valence-corrected chi connectivity index (χ4v) is 4.46. The van der Waals surface area contributed by atoms with Gasteiger partial charge in [-0.15, -0.1) is 0 Å². The molecule has 8 heteroatoms. The standard InChI is InChI=1S/C19H20N2O5S/c22-17(8-6-12-5-7-15-16(9-12)26-11-25-15)20-13-3-1-2-4-14(13)21-18(23)10-27-19(21)24/h5-9,13-14H,1-4,10-11H2,(H,20,22). The largest absolute Gasteiger partial charge is 0.454 e. The SMILES string of the molecule is O=C(C=Cc1ccc2c(c1)OCO2)NC1CCCCC1N1C(=O)CSC1=O. The van der Waals surface area contributed by atoms with Gasteiger partial charge in [-0.2, -0.15) is 0 Å². The van der Waals surface area contributed by atoms with Crippen molar-refractivity contribution in [1.82, 2.24) is 10.2 Å². The summed E-state index contributed by atoms with van der Waals surface area (Å²) in [5.74, 6) is 1.15. The van der Waals surface area contributed by atoms with Gasteiger partial charge in [0, 0.05) is 6.08 Å². The highest BCUT2D eigenvalue weighted by Crippen LogP contribution is 2.33. The summed E-state index contributed by atoms with van der Waals surface area (Å²) in [6, 6.07) is 5.00. The molecule has 1 saturated heterocycles. The first-order valence-electron chi connectivity index (χ1n) is 8.99. The Morgan fingerprint density at radius 3 is 2.81 bits per heavy atom. The molecule has 142 valence electrons. The lowest BCUT2D eigenvalue weighted by Crippen LogP contribution is -2.54. The number of thioether (sulfide) groups is 1. The summed E-state index contributed by atoms with van der Waals surface area (Å²) < 4.78 is 10.6. The zero-order valence-corrected chi connectivity index (χ0v) is 15.5. The van der Waals surface area contributed by atoms with Crippen LogP contribution < -0.4 is 14.8 Å². The number of amides is 3. The zero-order chi connectivity index (χ0) is 18.8. The Morgan fingerprint density at radius 1 is 1.19 bits per heavy atom. The van der Waals surface area contributed by atoms with E-state index in [1.54, 1.807) is 12.1 Å². The molecule has 3 amide bonds. The van der Waals surface area contributed by atoms with Gasteiger partial charge >= 0.3 is 0 Å². The molecule has 4 rings (SSSR count). The minimum Gasteiger partial charge on any atom is -0.454 e. The van der Waals surface area contributed by atoms with Crippen molar-refractivity contribution in [2.24, 2.45) is 0 Å². The number of fused-ring (bicyclic) bond motifs is 1. The molecule has 2 heterocycles. The van der Waals surface area contributed by atoms with E-state index in [-0.39, 0.29) is 41.7 Å². The van der Waals surface area contributed by atoms with Crippen molar-refractivity contribution >= 4 is 34.9 Å².